The Kier molecular flexibility index (Phi) is 9.08. The fourth-order valence-electron chi connectivity index (χ4n) is 5.11. The van der Waals surface area contributed by atoms with Gasteiger partial charge in [0.2, 0.25) is 6.29 Å². The van der Waals surface area contributed by atoms with E-state index in [2.05, 4.69) is 0 Å². The predicted molar refractivity (Wildman–Crippen MR) is 119 cm³/mol. The summed E-state index contributed by atoms with van der Waals surface area (Å²) in [5, 5.41) is 81.0. The van der Waals surface area contributed by atoms with E-state index in [-0.39, 0.29) is 12.2 Å². The van der Waals surface area contributed by atoms with Gasteiger partial charge < -0.3 is 69.3 Å². The van der Waals surface area contributed by atoms with Crippen molar-refractivity contribution in [1.82, 2.24) is 0 Å². The molecule has 4 rings (SSSR count). The van der Waals surface area contributed by atoms with Gasteiger partial charge in [0.15, 0.2) is 12.6 Å². The van der Waals surface area contributed by atoms with E-state index < -0.39 is 98.2 Å². The number of hydrogen-bond acceptors (Lipinski definition) is 15. The van der Waals surface area contributed by atoms with Gasteiger partial charge in [-0.1, -0.05) is 6.08 Å². The molecule has 0 amide bonds. The largest absolute Gasteiger partial charge is 0.471 e. The quantitative estimate of drug-likeness (QED) is 0.110. The molecule has 216 valence electrons. The molecule has 2 fully saturated rings. The van der Waals surface area contributed by atoms with Gasteiger partial charge in [-0.25, -0.2) is 4.79 Å². The van der Waals surface area contributed by atoms with E-state index in [0.29, 0.717) is 5.57 Å². The van der Waals surface area contributed by atoms with Crippen LogP contribution < -0.4 is 0 Å². The summed E-state index contributed by atoms with van der Waals surface area (Å²) in [5.74, 6) is -2.67. The Hall–Kier alpha value is -1.73. The normalized spacial score (nSPS) is 47.0. The smallest absolute Gasteiger partial charge is 0.337 e. The Balaban J connectivity index is 1.55. The predicted octanol–water partition coefficient (Wildman–Crippen LogP) is -4.41. The lowest BCUT2D eigenvalue weighted by atomic mass is 9.82. The van der Waals surface area contributed by atoms with E-state index in [1.54, 1.807) is 0 Å². The fraction of sp³-hybridized carbons (Fsp3) is 0.783. The molecule has 8 N–H and O–H groups in total. The average molecular weight is 551 g/mol. The Bertz CT molecular complexity index is 907. The highest BCUT2D eigenvalue weighted by molar-refractivity contribution is 5.89. The average Bonchev–Trinajstić information content (AvgIpc) is 3.25. The molecule has 0 spiro atoms. The van der Waals surface area contributed by atoms with Gasteiger partial charge in [0.1, 0.15) is 42.7 Å². The van der Waals surface area contributed by atoms with Gasteiger partial charge in [-0.15, -0.1) is 0 Å². The molecular formula is C23H34O15. The molecule has 0 aromatic heterocycles. The van der Waals surface area contributed by atoms with Crippen LogP contribution in [-0.4, -0.2) is 141 Å². The monoisotopic (exact) mass is 550 g/mol. The molecule has 0 aromatic carbocycles. The molecule has 3 aliphatic heterocycles. The van der Waals surface area contributed by atoms with Crippen LogP contribution in [0.15, 0.2) is 23.5 Å². The molecule has 2 saturated heterocycles. The zero-order valence-corrected chi connectivity index (χ0v) is 20.6. The first-order valence-electron chi connectivity index (χ1n) is 12.1. The minimum absolute atomic E-state index is 0.0222. The van der Waals surface area contributed by atoms with Crippen LogP contribution in [0.2, 0.25) is 0 Å². The summed E-state index contributed by atoms with van der Waals surface area (Å²) in [6.07, 6.45) is -14.7. The van der Waals surface area contributed by atoms with E-state index in [1.807, 2.05) is 0 Å². The van der Waals surface area contributed by atoms with Crippen LogP contribution in [0.4, 0.5) is 0 Å². The lowest BCUT2D eigenvalue weighted by Gasteiger charge is -2.43. The highest BCUT2D eigenvalue weighted by Gasteiger charge is 2.52. The fourth-order valence-corrected chi connectivity index (χ4v) is 5.11. The Morgan fingerprint density at radius 3 is 2.18 bits per heavy atom. The summed E-state index contributed by atoms with van der Waals surface area (Å²) in [4.78, 5) is 12.4. The van der Waals surface area contributed by atoms with Crippen molar-refractivity contribution in [2.75, 3.05) is 20.3 Å². The third-order valence-electron chi connectivity index (χ3n) is 7.31. The molecule has 14 atom stereocenters. The molecule has 0 saturated carbocycles. The molecule has 3 heterocycles. The minimum atomic E-state index is -1.74. The lowest BCUT2D eigenvalue weighted by Crippen LogP contribution is -2.60. The van der Waals surface area contributed by atoms with Crippen LogP contribution in [-0.2, 0) is 33.2 Å². The number of carbonyl (C=O) groups excluding carboxylic acids is 1. The maximum atomic E-state index is 12.4. The number of aliphatic hydroxyl groups is 8. The second kappa shape index (κ2) is 11.8. The van der Waals surface area contributed by atoms with Crippen LogP contribution in [0.1, 0.15) is 6.92 Å². The summed E-state index contributed by atoms with van der Waals surface area (Å²) in [7, 11) is 1.15. The molecule has 0 radical (unpaired) electrons. The van der Waals surface area contributed by atoms with Gasteiger partial charge in [0.05, 0.1) is 50.3 Å². The van der Waals surface area contributed by atoms with Gasteiger partial charge in [0, 0.05) is 5.92 Å². The number of ether oxygens (including phenoxy) is 6. The highest BCUT2D eigenvalue weighted by atomic mass is 16.8. The maximum Gasteiger partial charge on any atom is 0.337 e. The summed E-state index contributed by atoms with van der Waals surface area (Å²) >= 11 is 0. The van der Waals surface area contributed by atoms with Gasteiger partial charge in [0.25, 0.3) is 0 Å². The number of hydrogen-bond donors (Lipinski definition) is 8. The Labute approximate surface area is 217 Å². The number of rotatable bonds is 7. The van der Waals surface area contributed by atoms with Crippen LogP contribution in [0, 0.1) is 11.8 Å². The third kappa shape index (κ3) is 5.34. The third-order valence-corrected chi connectivity index (χ3v) is 7.31. The highest BCUT2D eigenvalue weighted by Crippen LogP contribution is 2.45. The second-order valence-electron chi connectivity index (χ2n) is 9.68. The number of methoxy groups -OCH3 is 1. The summed E-state index contributed by atoms with van der Waals surface area (Å²) < 4.78 is 32.7. The first kappa shape index (κ1) is 29.3. The summed E-state index contributed by atoms with van der Waals surface area (Å²) in [6, 6.07) is 0. The van der Waals surface area contributed by atoms with Gasteiger partial charge in [-0.2, -0.15) is 0 Å². The SMILES string of the molecule is COC(=O)C1=CO[C@@H](O[C@@H]2O[C@H](CO)[C@@H](O)[C@H](O)[C@H]2O)[C@@H]2C(CO[C@@H]3O[C@@H](C)[C@H](O)[C@@H](O)[C@H]3O)=C[C@@H](O)[C@H]12. The van der Waals surface area contributed by atoms with Crippen LogP contribution in [0.3, 0.4) is 0 Å². The van der Waals surface area contributed by atoms with Crippen molar-refractivity contribution in [1.29, 1.82) is 0 Å². The van der Waals surface area contributed by atoms with Crippen molar-refractivity contribution in [2.45, 2.75) is 80.7 Å². The summed E-state index contributed by atoms with van der Waals surface area (Å²) in [5.41, 5.74) is 0.307. The molecule has 1 aliphatic carbocycles. The van der Waals surface area contributed by atoms with Crippen LogP contribution >= 0.6 is 0 Å². The Morgan fingerprint density at radius 1 is 0.868 bits per heavy atom. The number of carbonyl (C=O) groups is 1. The topological polar surface area (TPSA) is 234 Å². The van der Waals surface area contributed by atoms with Crippen molar-refractivity contribution in [3.63, 3.8) is 0 Å². The molecule has 0 aromatic rings. The van der Waals surface area contributed by atoms with E-state index >= 15 is 0 Å². The van der Waals surface area contributed by atoms with E-state index in [4.69, 9.17) is 28.4 Å². The molecule has 0 bridgehead atoms. The molecule has 0 unspecified atom stereocenters. The molecule has 4 aliphatic rings. The van der Waals surface area contributed by atoms with Crippen molar-refractivity contribution < 1.29 is 74.1 Å². The molecule has 38 heavy (non-hydrogen) atoms. The minimum Gasteiger partial charge on any atom is -0.471 e. The van der Waals surface area contributed by atoms with E-state index in [1.165, 1.54) is 13.0 Å². The first-order valence-corrected chi connectivity index (χ1v) is 12.1. The van der Waals surface area contributed by atoms with Crippen LogP contribution in [0.25, 0.3) is 0 Å². The van der Waals surface area contributed by atoms with E-state index in [9.17, 15) is 45.6 Å². The van der Waals surface area contributed by atoms with Gasteiger partial charge in [-0.05, 0) is 12.5 Å². The van der Waals surface area contributed by atoms with Crippen LogP contribution in [0.5, 0.6) is 0 Å². The van der Waals surface area contributed by atoms with Crippen molar-refractivity contribution in [3.8, 4) is 0 Å². The van der Waals surface area contributed by atoms with Crippen molar-refractivity contribution in [2.24, 2.45) is 11.8 Å². The maximum absolute atomic E-state index is 12.4. The molecular weight excluding hydrogens is 516 g/mol. The zero-order chi connectivity index (χ0) is 27.9. The number of esters is 1. The summed E-state index contributed by atoms with van der Waals surface area (Å²) in [6.45, 7) is 0.495. The molecule has 15 nitrogen and oxygen atoms in total. The first-order chi connectivity index (χ1) is 18.0. The lowest BCUT2D eigenvalue weighted by molar-refractivity contribution is -0.340. The Morgan fingerprint density at radius 2 is 1.53 bits per heavy atom. The number of aliphatic hydroxyl groups excluding tert-OH is 8. The van der Waals surface area contributed by atoms with Gasteiger partial charge >= 0.3 is 5.97 Å². The van der Waals surface area contributed by atoms with E-state index in [0.717, 1.165) is 13.4 Å². The number of fused-ring (bicyclic) bond motifs is 1. The second-order valence-corrected chi connectivity index (χ2v) is 9.68. The molecule has 15 heteroatoms. The zero-order valence-electron chi connectivity index (χ0n) is 20.6. The standard InChI is InChI=1S/C23H34O15/c1-7-14(26)16(28)18(30)22(36-7)34-5-8-3-10(25)13-9(20(32)33-2)6-35-21(12(8)13)38-23-19(31)17(29)15(27)11(4-24)37-23/h3,6-7,10-19,21-31H,4-5H2,1-2H3/t7-,10+,11+,12+,13-,14-,15+,16+,17-,18+,19+,21-,22+,23-/m0/s1. The van der Waals surface area contributed by atoms with Crippen molar-refractivity contribution in [3.05, 3.63) is 23.5 Å². The van der Waals surface area contributed by atoms with Gasteiger partial charge in [-0.3, -0.25) is 0 Å². The van der Waals surface area contributed by atoms with Crippen molar-refractivity contribution >= 4 is 5.97 Å².